The van der Waals surface area contributed by atoms with Crippen molar-refractivity contribution in [3.05, 3.63) is 35.9 Å². The van der Waals surface area contributed by atoms with Crippen LogP contribution in [0.2, 0.25) is 0 Å². The summed E-state index contributed by atoms with van der Waals surface area (Å²) in [6, 6.07) is 11.3. The zero-order valence-electron chi connectivity index (χ0n) is 13.0. The molecule has 2 heteroatoms. The van der Waals surface area contributed by atoms with Crippen LogP contribution in [-0.2, 0) is 0 Å². The van der Waals surface area contributed by atoms with Gasteiger partial charge in [-0.3, -0.25) is 0 Å². The van der Waals surface area contributed by atoms with Gasteiger partial charge in [0.2, 0.25) is 0 Å². The van der Waals surface area contributed by atoms with Crippen molar-refractivity contribution in [3.63, 3.8) is 0 Å². The Labute approximate surface area is 124 Å². The zero-order chi connectivity index (χ0) is 14.5. The molecule has 0 aliphatic rings. The summed E-state index contributed by atoms with van der Waals surface area (Å²) in [5.41, 5.74) is 1.42. The third-order valence-corrected chi connectivity index (χ3v) is 3.77. The normalized spacial score (nSPS) is 12.5. The van der Waals surface area contributed by atoms with Crippen molar-refractivity contribution >= 4 is 0 Å². The van der Waals surface area contributed by atoms with Gasteiger partial charge >= 0.3 is 0 Å². The SMILES string of the molecule is CCCCCC(NCCCCCCO)c1ccccc1. The first kappa shape index (κ1) is 17.2. The molecular formula is C18H31NO. The van der Waals surface area contributed by atoms with E-state index in [2.05, 4.69) is 42.6 Å². The van der Waals surface area contributed by atoms with Crippen molar-refractivity contribution in [2.75, 3.05) is 13.2 Å². The second-order valence-electron chi connectivity index (χ2n) is 5.55. The summed E-state index contributed by atoms with van der Waals surface area (Å²) in [6.07, 6.45) is 9.63. The highest BCUT2D eigenvalue weighted by Gasteiger charge is 2.09. The highest BCUT2D eigenvalue weighted by Crippen LogP contribution is 2.19. The minimum atomic E-state index is 0.330. The molecule has 2 nitrogen and oxygen atoms in total. The van der Waals surface area contributed by atoms with Gasteiger partial charge in [0.05, 0.1) is 0 Å². The molecule has 1 aromatic rings. The maximum atomic E-state index is 8.76. The Bertz CT molecular complexity index is 312. The molecule has 20 heavy (non-hydrogen) atoms. The molecule has 0 bridgehead atoms. The summed E-state index contributed by atoms with van der Waals surface area (Å²) in [7, 11) is 0. The molecule has 0 aliphatic carbocycles. The summed E-state index contributed by atoms with van der Waals surface area (Å²) in [5.74, 6) is 0. The Morgan fingerprint density at radius 3 is 2.40 bits per heavy atom. The lowest BCUT2D eigenvalue weighted by Gasteiger charge is -2.19. The van der Waals surface area contributed by atoms with Crippen LogP contribution >= 0.6 is 0 Å². The molecule has 2 N–H and O–H groups in total. The molecule has 0 saturated carbocycles. The first-order chi connectivity index (χ1) is 9.88. The van der Waals surface area contributed by atoms with Gasteiger partial charge < -0.3 is 10.4 Å². The van der Waals surface area contributed by atoms with Crippen molar-refractivity contribution in [2.45, 2.75) is 64.3 Å². The molecule has 0 saturated heterocycles. The predicted octanol–water partition coefficient (Wildman–Crippen LogP) is 4.45. The summed E-state index contributed by atoms with van der Waals surface area (Å²) in [6.45, 7) is 3.67. The van der Waals surface area contributed by atoms with E-state index in [1.807, 2.05) is 0 Å². The van der Waals surface area contributed by atoms with E-state index < -0.39 is 0 Å². The van der Waals surface area contributed by atoms with Crippen molar-refractivity contribution in [1.29, 1.82) is 0 Å². The smallest absolute Gasteiger partial charge is 0.0431 e. The van der Waals surface area contributed by atoms with Crippen molar-refractivity contribution in [2.24, 2.45) is 0 Å². The fourth-order valence-corrected chi connectivity index (χ4v) is 2.54. The van der Waals surface area contributed by atoms with Gasteiger partial charge in [-0.25, -0.2) is 0 Å². The van der Waals surface area contributed by atoms with Crippen LogP contribution in [0.1, 0.15) is 69.9 Å². The number of hydrogen-bond donors (Lipinski definition) is 2. The summed E-state index contributed by atoms with van der Waals surface area (Å²) < 4.78 is 0. The lowest BCUT2D eigenvalue weighted by Crippen LogP contribution is -2.22. The van der Waals surface area contributed by atoms with E-state index in [-0.39, 0.29) is 0 Å². The van der Waals surface area contributed by atoms with Gasteiger partial charge in [-0.2, -0.15) is 0 Å². The first-order valence-electron chi connectivity index (χ1n) is 8.27. The van der Waals surface area contributed by atoms with Crippen LogP contribution < -0.4 is 5.32 Å². The molecule has 0 aromatic heterocycles. The minimum Gasteiger partial charge on any atom is -0.396 e. The second kappa shape index (κ2) is 11.9. The maximum absolute atomic E-state index is 8.76. The van der Waals surface area contributed by atoms with Crippen LogP contribution in [0.3, 0.4) is 0 Å². The largest absolute Gasteiger partial charge is 0.396 e. The molecule has 1 aromatic carbocycles. The number of aliphatic hydroxyl groups excluding tert-OH is 1. The molecule has 0 spiro atoms. The maximum Gasteiger partial charge on any atom is 0.0431 e. The number of aliphatic hydroxyl groups is 1. The number of hydrogen-bond acceptors (Lipinski definition) is 2. The third kappa shape index (κ3) is 7.66. The highest BCUT2D eigenvalue weighted by atomic mass is 16.2. The monoisotopic (exact) mass is 277 g/mol. The van der Waals surface area contributed by atoms with Crippen LogP contribution in [0.5, 0.6) is 0 Å². The van der Waals surface area contributed by atoms with Crippen LogP contribution in [-0.4, -0.2) is 18.3 Å². The summed E-state index contributed by atoms with van der Waals surface area (Å²) >= 11 is 0. The average molecular weight is 277 g/mol. The standard InChI is InChI=1S/C18H31NO/c1-2-3-7-14-18(17-12-8-6-9-13-17)19-15-10-4-5-11-16-20/h6,8-9,12-13,18-20H,2-5,7,10-11,14-16H2,1H3. The van der Waals surface area contributed by atoms with Crippen molar-refractivity contribution < 1.29 is 5.11 Å². The molecule has 0 heterocycles. The van der Waals surface area contributed by atoms with E-state index in [1.54, 1.807) is 0 Å². The molecule has 0 radical (unpaired) electrons. The minimum absolute atomic E-state index is 0.330. The topological polar surface area (TPSA) is 32.3 Å². The second-order valence-corrected chi connectivity index (χ2v) is 5.55. The molecule has 1 unspecified atom stereocenters. The molecule has 0 amide bonds. The van der Waals surface area contributed by atoms with Gasteiger partial charge in [-0.15, -0.1) is 0 Å². The van der Waals surface area contributed by atoms with Crippen LogP contribution in [0.15, 0.2) is 30.3 Å². The fraction of sp³-hybridized carbons (Fsp3) is 0.667. The summed E-state index contributed by atoms with van der Waals surface area (Å²) in [5, 5.41) is 12.5. The Kier molecular flexibility index (Phi) is 10.3. The lowest BCUT2D eigenvalue weighted by atomic mass is 10.00. The van der Waals surface area contributed by atoms with Crippen LogP contribution in [0.4, 0.5) is 0 Å². The van der Waals surface area contributed by atoms with Gasteiger partial charge in [0.1, 0.15) is 0 Å². The molecule has 114 valence electrons. The highest BCUT2D eigenvalue weighted by molar-refractivity contribution is 5.18. The Hall–Kier alpha value is -0.860. The van der Waals surface area contributed by atoms with Crippen LogP contribution in [0.25, 0.3) is 0 Å². The van der Waals surface area contributed by atoms with Gasteiger partial charge in [-0.1, -0.05) is 69.4 Å². The number of nitrogens with one attached hydrogen (secondary N) is 1. The van der Waals surface area contributed by atoms with Gasteiger partial charge in [0, 0.05) is 12.6 Å². The van der Waals surface area contributed by atoms with E-state index in [4.69, 9.17) is 5.11 Å². The third-order valence-electron chi connectivity index (χ3n) is 3.77. The molecular weight excluding hydrogens is 246 g/mol. The van der Waals surface area contributed by atoms with E-state index in [9.17, 15) is 0 Å². The number of unbranched alkanes of at least 4 members (excludes halogenated alkanes) is 5. The zero-order valence-corrected chi connectivity index (χ0v) is 13.0. The van der Waals surface area contributed by atoms with Gasteiger partial charge in [-0.05, 0) is 31.4 Å². The van der Waals surface area contributed by atoms with E-state index in [0.29, 0.717) is 12.6 Å². The van der Waals surface area contributed by atoms with Gasteiger partial charge in [0.25, 0.3) is 0 Å². The molecule has 1 atom stereocenters. The number of rotatable bonds is 12. The summed E-state index contributed by atoms with van der Waals surface area (Å²) in [4.78, 5) is 0. The molecule has 0 fully saturated rings. The van der Waals surface area contributed by atoms with E-state index >= 15 is 0 Å². The first-order valence-corrected chi connectivity index (χ1v) is 8.27. The molecule has 0 aliphatic heterocycles. The number of benzene rings is 1. The van der Waals surface area contributed by atoms with E-state index in [0.717, 1.165) is 19.4 Å². The Morgan fingerprint density at radius 2 is 1.70 bits per heavy atom. The van der Waals surface area contributed by atoms with Gasteiger partial charge in [0.15, 0.2) is 0 Å². The van der Waals surface area contributed by atoms with E-state index in [1.165, 1.54) is 44.1 Å². The average Bonchev–Trinajstić information content (AvgIpc) is 2.50. The Balaban J connectivity index is 2.31. The Morgan fingerprint density at radius 1 is 0.950 bits per heavy atom. The van der Waals surface area contributed by atoms with Crippen molar-refractivity contribution in [1.82, 2.24) is 5.32 Å². The lowest BCUT2D eigenvalue weighted by molar-refractivity contribution is 0.282. The predicted molar refractivity (Wildman–Crippen MR) is 86.9 cm³/mol. The van der Waals surface area contributed by atoms with Crippen LogP contribution in [0, 0.1) is 0 Å². The molecule has 1 rings (SSSR count). The quantitative estimate of drug-likeness (QED) is 0.553. The van der Waals surface area contributed by atoms with Crippen molar-refractivity contribution in [3.8, 4) is 0 Å². The fourth-order valence-electron chi connectivity index (χ4n) is 2.54.